The number of hydrogen-bond donors (Lipinski definition) is 1. The average molecular weight is 247 g/mol. The molecule has 18 heavy (non-hydrogen) atoms. The summed E-state index contributed by atoms with van der Waals surface area (Å²) in [7, 11) is 1.98. The van der Waals surface area contributed by atoms with Gasteiger partial charge in [-0.3, -0.25) is 4.79 Å². The predicted octanol–water partition coefficient (Wildman–Crippen LogP) is 2.99. The summed E-state index contributed by atoms with van der Waals surface area (Å²) >= 11 is 0. The van der Waals surface area contributed by atoms with Crippen LogP contribution in [0.15, 0.2) is 18.2 Å². The van der Waals surface area contributed by atoms with E-state index in [4.69, 9.17) is 0 Å². The summed E-state index contributed by atoms with van der Waals surface area (Å²) < 4.78 is 0. The van der Waals surface area contributed by atoms with Crippen LogP contribution in [0.5, 0.6) is 0 Å². The number of carboxylic acids is 1. The van der Waals surface area contributed by atoms with Crippen LogP contribution in [-0.4, -0.2) is 24.7 Å². The minimum Gasteiger partial charge on any atom is -0.481 e. The molecule has 1 aromatic carbocycles. The number of carboxylic acid groups (broad SMARTS) is 1. The zero-order valence-corrected chi connectivity index (χ0v) is 11.4. The first-order valence-corrected chi connectivity index (χ1v) is 6.46. The van der Waals surface area contributed by atoms with Crippen molar-refractivity contribution in [3.05, 3.63) is 29.3 Å². The Morgan fingerprint density at radius 2 is 2.00 bits per heavy atom. The molecule has 98 valence electrons. The lowest BCUT2D eigenvalue weighted by atomic mass is 9.68. The van der Waals surface area contributed by atoms with Gasteiger partial charge < -0.3 is 10.0 Å². The lowest BCUT2D eigenvalue weighted by molar-refractivity contribution is -0.153. The third-order valence-corrected chi connectivity index (χ3v) is 4.24. The average Bonchev–Trinajstić information content (AvgIpc) is 2.26. The Morgan fingerprint density at radius 1 is 1.33 bits per heavy atom. The van der Waals surface area contributed by atoms with Gasteiger partial charge in [0.05, 0.1) is 5.41 Å². The molecule has 1 aliphatic carbocycles. The van der Waals surface area contributed by atoms with E-state index in [9.17, 15) is 9.90 Å². The van der Waals surface area contributed by atoms with E-state index >= 15 is 0 Å². The van der Waals surface area contributed by atoms with E-state index in [0.717, 1.165) is 24.9 Å². The van der Waals surface area contributed by atoms with E-state index < -0.39 is 11.4 Å². The summed E-state index contributed by atoms with van der Waals surface area (Å²) in [4.78, 5) is 13.4. The molecule has 3 heteroatoms. The topological polar surface area (TPSA) is 40.5 Å². The first kappa shape index (κ1) is 12.9. The van der Waals surface area contributed by atoms with Crippen LogP contribution in [0, 0.1) is 19.3 Å². The molecular weight excluding hydrogens is 226 g/mol. The standard InChI is InChI=1S/C15H21NO2/c1-11-5-6-13(9-12(11)2)16(3)10-15(14(17)18)7-4-8-15/h5-6,9H,4,7-8,10H2,1-3H3,(H,17,18). The van der Waals surface area contributed by atoms with Crippen LogP contribution in [0.3, 0.4) is 0 Å². The van der Waals surface area contributed by atoms with Crippen molar-refractivity contribution in [3.8, 4) is 0 Å². The minimum atomic E-state index is -0.649. The highest BCUT2D eigenvalue weighted by atomic mass is 16.4. The molecule has 1 N–H and O–H groups in total. The molecule has 1 saturated carbocycles. The van der Waals surface area contributed by atoms with E-state index in [1.54, 1.807) is 0 Å². The van der Waals surface area contributed by atoms with Gasteiger partial charge in [0.1, 0.15) is 0 Å². The van der Waals surface area contributed by atoms with Crippen molar-refractivity contribution in [2.75, 3.05) is 18.5 Å². The van der Waals surface area contributed by atoms with E-state index in [2.05, 4.69) is 36.9 Å². The number of nitrogens with zero attached hydrogens (tertiary/aromatic N) is 1. The van der Waals surface area contributed by atoms with Crippen LogP contribution < -0.4 is 4.90 Å². The Balaban J connectivity index is 2.14. The fraction of sp³-hybridized carbons (Fsp3) is 0.533. The van der Waals surface area contributed by atoms with Crippen molar-refractivity contribution < 1.29 is 9.90 Å². The highest BCUT2D eigenvalue weighted by Gasteiger charge is 2.45. The maximum atomic E-state index is 11.4. The molecule has 0 radical (unpaired) electrons. The maximum Gasteiger partial charge on any atom is 0.311 e. The van der Waals surface area contributed by atoms with Gasteiger partial charge in [0, 0.05) is 19.3 Å². The molecule has 0 atom stereocenters. The van der Waals surface area contributed by atoms with Gasteiger partial charge in [-0.1, -0.05) is 12.5 Å². The van der Waals surface area contributed by atoms with Gasteiger partial charge in [0.2, 0.25) is 0 Å². The highest BCUT2D eigenvalue weighted by Crippen LogP contribution is 2.42. The quantitative estimate of drug-likeness (QED) is 0.889. The highest BCUT2D eigenvalue weighted by molar-refractivity contribution is 5.76. The van der Waals surface area contributed by atoms with Crippen LogP contribution in [-0.2, 0) is 4.79 Å². The predicted molar refractivity (Wildman–Crippen MR) is 73.1 cm³/mol. The molecule has 1 aliphatic rings. The number of aryl methyl sites for hydroxylation is 2. The summed E-state index contributed by atoms with van der Waals surface area (Å²) in [6.07, 6.45) is 2.64. The molecule has 1 fully saturated rings. The van der Waals surface area contributed by atoms with Crippen molar-refractivity contribution in [2.45, 2.75) is 33.1 Å². The lowest BCUT2D eigenvalue weighted by Gasteiger charge is -2.41. The second-order valence-electron chi connectivity index (χ2n) is 5.56. The van der Waals surface area contributed by atoms with Crippen LogP contribution in [0.1, 0.15) is 30.4 Å². The summed E-state index contributed by atoms with van der Waals surface area (Å²) in [6.45, 7) is 4.78. The normalized spacial score (nSPS) is 17.1. The molecule has 0 heterocycles. The third kappa shape index (κ3) is 2.22. The SMILES string of the molecule is Cc1ccc(N(C)CC2(C(=O)O)CCC2)cc1C. The molecule has 0 aliphatic heterocycles. The molecule has 0 unspecified atom stereocenters. The fourth-order valence-electron chi connectivity index (χ4n) is 2.55. The number of hydrogen-bond acceptors (Lipinski definition) is 2. The molecule has 0 saturated heterocycles. The molecule has 2 rings (SSSR count). The Kier molecular flexibility index (Phi) is 3.33. The number of aliphatic carboxylic acids is 1. The Hall–Kier alpha value is -1.51. The molecule has 0 amide bonds. The van der Waals surface area contributed by atoms with Gasteiger partial charge in [0.15, 0.2) is 0 Å². The van der Waals surface area contributed by atoms with Crippen LogP contribution in [0.25, 0.3) is 0 Å². The monoisotopic (exact) mass is 247 g/mol. The van der Waals surface area contributed by atoms with Crippen LogP contribution in [0.2, 0.25) is 0 Å². The Morgan fingerprint density at radius 3 is 2.44 bits per heavy atom. The summed E-state index contributed by atoms with van der Waals surface area (Å²) in [6, 6.07) is 6.29. The van der Waals surface area contributed by atoms with Crippen LogP contribution in [0.4, 0.5) is 5.69 Å². The first-order valence-electron chi connectivity index (χ1n) is 6.46. The fourth-order valence-corrected chi connectivity index (χ4v) is 2.55. The molecular formula is C15H21NO2. The zero-order chi connectivity index (χ0) is 13.3. The van der Waals surface area contributed by atoms with E-state index in [1.165, 1.54) is 11.1 Å². The second-order valence-corrected chi connectivity index (χ2v) is 5.56. The third-order valence-electron chi connectivity index (χ3n) is 4.24. The summed E-state index contributed by atoms with van der Waals surface area (Å²) in [5.74, 6) is -0.649. The number of rotatable bonds is 4. The van der Waals surface area contributed by atoms with Gasteiger partial charge in [-0.25, -0.2) is 0 Å². The van der Waals surface area contributed by atoms with Crippen molar-refractivity contribution in [1.29, 1.82) is 0 Å². The van der Waals surface area contributed by atoms with Gasteiger partial charge in [0.25, 0.3) is 0 Å². The number of benzene rings is 1. The molecule has 3 nitrogen and oxygen atoms in total. The van der Waals surface area contributed by atoms with E-state index in [0.29, 0.717) is 6.54 Å². The van der Waals surface area contributed by atoms with Crippen molar-refractivity contribution in [1.82, 2.24) is 0 Å². The van der Waals surface area contributed by atoms with E-state index in [1.807, 2.05) is 7.05 Å². The Labute approximate surface area is 108 Å². The molecule has 0 spiro atoms. The summed E-state index contributed by atoms with van der Waals surface area (Å²) in [5.41, 5.74) is 3.10. The molecule has 0 aromatic heterocycles. The largest absolute Gasteiger partial charge is 0.481 e. The van der Waals surface area contributed by atoms with Crippen LogP contribution >= 0.6 is 0 Å². The van der Waals surface area contributed by atoms with Crippen molar-refractivity contribution >= 4 is 11.7 Å². The van der Waals surface area contributed by atoms with E-state index in [-0.39, 0.29) is 0 Å². The smallest absolute Gasteiger partial charge is 0.311 e. The van der Waals surface area contributed by atoms with Gasteiger partial charge in [-0.15, -0.1) is 0 Å². The number of anilines is 1. The van der Waals surface area contributed by atoms with Gasteiger partial charge in [-0.05, 0) is 49.9 Å². The number of carbonyl (C=O) groups is 1. The molecule has 0 bridgehead atoms. The minimum absolute atomic E-state index is 0.520. The van der Waals surface area contributed by atoms with Crippen molar-refractivity contribution in [3.63, 3.8) is 0 Å². The maximum absolute atomic E-state index is 11.4. The zero-order valence-electron chi connectivity index (χ0n) is 11.4. The van der Waals surface area contributed by atoms with Crippen molar-refractivity contribution in [2.24, 2.45) is 5.41 Å². The summed E-state index contributed by atoms with van der Waals surface area (Å²) in [5, 5.41) is 9.35. The Bertz CT molecular complexity index is 464. The lowest BCUT2D eigenvalue weighted by Crippen LogP contribution is -2.46. The molecule has 1 aromatic rings. The van der Waals surface area contributed by atoms with Gasteiger partial charge in [-0.2, -0.15) is 0 Å². The first-order chi connectivity index (χ1) is 8.44. The van der Waals surface area contributed by atoms with Gasteiger partial charge >= 0.3 is 5.97 Å². The second kappa shape index (κ2) is 4.63.